The molecule has 10 heteroatoms. The first-order valence-corrected chi connectivity index (χ1v) is 6.65. The number of hydrogen-bond acceptors (Lipinski definition) is 6. The summed E-state index contributed by atoms with van der Waals surface area (Å²) in [5.41, 5.74) is 0. The minimum atomic E-state index is -4.11. The molecule has 1 amide bonds. The van der Waals surface area contributed by atoms with Gasteiger partial charge in [0.2, 0.25) is 0 Å². The monoisotopic (exact) mass is 294 g/mol. The van der Waals surface area contributed by atoms with E-state index < -0.39 is 22.4 Å². The van der Waals surface area contributed by atoms with Crippen molar-refractivity contribution >= 4 is 33.7 Å². The minimum Gasteiger partial charge on any atom is -0.446 e. The number of aromatic nitrogens is 2. The van der Waals surface area contributed by atoms with Crippen LogP contribution in [-0.4, -0.2) is 30.8 Å². The summed E-state index contributed by atoms with van der Waals surface area (Å²) in [4.78, 5) is 11.1. The summed E-state index contributed by atoms with van der Waals surface area (Å²) in [6.45, 7) is 3.18. The molecule has 8 nitrogen and oxygen atoms in total. The number of amides is 1. The molecule has 0 saturated heterocycles. The second-order valence-electron chi connectivity index (χ2n) is 3.40. The maximum absolute atomic E-state index is 11.5. The number of nitrogens with zero attached hydrogens (tertiary/aromatic N) is 2. The molecular weight excluding hydrogens is 284 g/mol. The van der Waals surface area contributed by atoms with E-state index in [0.717, 1.165) is 0 Å². The van der Waals surface area contributed by atoms with Crippen molar-refractivity contribution in [3.8, 4) is 0 Å². The fraction of sp³-hybridized carbons (Fsp3) is 0.375. The van der Waals surface area contributed by atoms with E-state index >= 15 is 0 Å². The van der Waals surface area contributed by atoms with Gasteiger partial charge in [-0.3, -0.25) is 0 Å². The number of rotatable bonds is 4. The Labute approximate surface area is 109 Å². The van der Waals surface area contributed by atoms with Gasteiger partial charge in [0.1, 0.15) is 0 Å². The summed E-state index contributed by atoms with van der Waals surface area (Å²) in [7, 11) is -4.11. The Balaban J connectivity index is 2.65. The molecule has 1 aromatic rings. The Morgan fingerprint density at radius 1 is 1.39 bits per heavy atom. The molecule has 1 rings (SSSR count). The van der Waals surface area contributed by atoms with E-state index in [0.29, 0.717) is 0 Å². The molecule has 0 aliphatic heterocycles. The van der Waals surface area contributed by atoms with Gasteiger partial charge >= 0.3 is 16.3 Å². The van der Waals surface area contributed by atoms with E-state index in [1.54, 1.807) is 18.6 Å². The number of carbonyl (C=O) groups is 1. The fourth-order valence-corrected chi connectivity index (χ4v) is 1.68. The highest BCUT2D eigenvalue weighted by molar-refractivity contribution is 7.91. The van der Waals surface area contributed by atoms with Crippen LogP contribution in [0.4, 0.5) is 10.6 Å². The third-order valence-electron chi connectivity index (χ3n) is 1.43. The van der Waals surface area contributed by atoms with E-state index in [2.05, 4.69) is 14.9 Å². The molecular formula is C8H11ClN4O4S. The quantitative estimate of drug-likeness (QED) is 0.854. The Kier molecular flexibility index (Phi) is 4.68. The Morgan fingerprint density at radius 3 is 2.56 bits per heavy atom. The van der Waals surface area contributed by atoms with Crippen molar-refractivity contribution in [2.75, 3.05) is 4.72 Å². The molecule has 0 aliphatic rings. The number of carbonyl (C=O) groups excluding carboxylic acids is 1. The average molecular weight is 295 g/mol. The molecule has 0 unspecified atom stereocenters. The summed E-state index contributed by atoms with van der Waals surface area (Å²) in [5.74, 6) is -0.0794. The molecule has 18 heavy (non-hydrogen) atoms. The lowest BCUT2D eigenvalue weighted by Crippen LogP contribution is -2.37. The summed E-state index contributed by atoms with van der Waals surface area (Å²) in [6.07, 6.45) is -1.52. The van der Waals surface area contributed by atoms with E-state index in [1.807, 2.05) is 4.72 Å². The Morgan fingerprint density at radius 2 is 2.06 bits per heavy atom. The zero-order valence-electron chi connectivity index (χ0n) is 9.55. The van der Waals surface area contributed by atoms with Crippen molar-refractivity contribution in [2.45, 2.75) is 20.0 Å². The van der Waals surface area contributed by atoms with Crippen LogP contribution in [0, 0.1) is 0 Å². The van der Waals surface area contributed by atoms with Crippen molar-refractivity contribution < 1.29 is 17.9 Å². The van der Waals surface area contributed by atoms with Crippen molar-refractivity contribution in [3.63, 3.8) is 0 Å². The van der Waals surface area contributed by atoms with Gasteiger partial charge in [-0.25, -0.2) is 14.2 Å². The molecule has 0 saturated carbocycles. The van der Waals surface area contributed by atoms with Crippen molar-refractivity contribution in [1.29, 1.82) is 0 Å². The third-order valence-corrected chi connectivity index (χ3v) is 2.55. The van der Waals surface area contributed by atoms with Crippen LogP contribution >= 0.6 is 11.6 Å². The van der Waals surface area contributed by atoms with E-state index in [4.69, 9.17) is 11.6 Å². The van der Waals surface area contributed by atoms with Gasteiger partial charge in [0.15, 0.2) is 11.0 Å². The van der Waals surface area contributed by atoms with E-state index in [-0.39, 0.29) is 11.0 Å². The maximum atomic E-state index is 11.5. The molecule has 1 aromatic heterocycles. The van der Waals surface area contributed by atoms with Gasteiger partial charge in [0.05, 0.1) is 6.10 Å². The highest BCUT2D eigenvalue weighted by Crippen LogP contribution is 2.07. The molecule has 0 bridgehead atoms. The first-order chi connectivity index (χ1) is 8.28. The van der Waals surface area contributed by atoms with Crippen LogP contribution in [0.1, 0.15) is 13.8 Å². The normalized spacial score (nSPS) is 11.1. The van der Waals surface area contributed by atoms with Crippen LogP contribution in [0.2, 0.25) is 5.15 Å². The molecule has 0 aromatic carbocycles. The smallest absolute Gasteiger partial charge is 0.422 e. The molecule has 0 fully saturated rings. The fourth-order valence-electron chi connectivity index (χ4n) is 0.881. The lowest BCUT2D eigenvalue weighted by atomic mass is 10.5. The number of ether oxygens (including phenoxy) is 1. The first-order valence-electron chi connectivity index (χ1n) is 4.79. The first kappa shape index (κ1) is 14.5. The predicted molar refractivity (Wildman–Crippen MR) is 64.3 cm³/mol. The van der Waals surface area contributed by atoms with Crippen LogP contribution in [-0.2, 0) is 14.9 Å². The lowest BCUT2D eigenvalue weighted by molar-refractivity contribution is 0.121. The van der Waals surface area contributed by atoms with Gasteiger partial charge in [-0.2, -0.15) is 8.42 Å². The molecule has 100 valence electrons. The summed E-state index contributed by atoms with van der Waals surface area (Å²) in [6, 6.07) is 2.64. The lowest BCUT2D eigenvalue weighted by Gasteiger charge is -2.10. The van der Waals surface area contributed by atoms with Gasteiger partial charge < -0.3 is 4.74 Å². The summed E-state index contributed by atoms with van der Waals surface area (Å²) >= 11 is 5.48. The molecule has 0 spiro atoms. The Hall–Kier alpha value is -1.61. The summed E-state index contributed by atoms with van der Waals surface area (Å²) in [5, 5.41) is 7.02. The third kappa shape index (κ3) is 5.15. The number of nitrogens with one attached hydrogen (secondary N) is 2. The van der Waals surface area contributed by atoms with Gasteiger partial charge in [-0.05, 0) is 26.0 Å². The van der Waals surface area contributed by atoms with Gasteiger partial charge in [0.25, 0.3) is 0 Å². The second-order valence-corrected chi connectivity index (χ2v) is 5.21. The Bertz CT molecular complexity index is 516. The zero-order chi connectivity index (χ0) is 13.8. The van der Waals surface area contributed by atoms with Crippen LogP contribution in [0.25, 0.3) is 0 Å². The van der Waals surface area contributed by atoms with Crippen LogP contribution < -0.4 is 9.44 Å². The molecule has 0 atom stereocenters. The standard InChI is InChI=1S/C8H11ClN4O4S/c1-5(2)17-8(14)13-18(15,16)12-7-4-3-6(9)10-11-7/h3-5H,1-2H3,(H,11,12)(H,13,14). The highest BCUT2D eigenvalue weighted by Gasteiger charge is 2.16. The van der Waals surface area contributed by atoms with Crippen molar-refractivity contribution in [1.82, 2.24) is 14.9 Å². The van der Waals surface area contributed by atoms with Crippen molar-refractivity contribution in [3.05, 3.63) is 17.3 Å². The van der Waals surface area contributed by atoms with Gasteiger partial charge in [0, 0.05) is 0 Å². The van der Waals surface area contributed by atoms with Gasteiger partial charge in [-0.1, -0.05) is 11.6 Å². The van der Waals surface area contributed by atoms with Crippen LogP contribution in [0.15, 0.2) is 12.1 Å². The topological polar surface area (TPSA) is 110 Å². The van der Waals surface area contributed by atoms with E-state index in [1.165, 1.54) is 12.1 Å². The minimum absolute atomic E-state index is 0.0794. The second kappa shape index (κ2) is 5.83. The number of hydrogen-bond donors (Lipinski definition) is 2. The molecule has 1 heterocycles. The number of halogens is 1. The SMILES string of the molecule is CC(C)OC(=O)NS(=O)(=O)Nc1ccc(Cl)nn1. The van der Waals surface area contributed by atoms with Crippen LogP contribution in [0.5, 0.6) is 0 Å². The maximum Gasteiger partial charge on any atom is 0.422 e. The average Bonchev–Trinajstić information content (AvgIpc) is 2.18. The molecule has 2 N–H and O–H groups in total. The highest BCUT2D eigenvalue weighted by atomic mass is 35.5. The van der Waals surface area contributed by atoms with Crippen LogP contribution in [0.3, 0.4) is 0 Å². The largest absolute Gasteiger partial charge is 0.446 e. The van der Waals surface area contributed by atoms with E-state index in [9.17, 15) is 13.2 Å². The molecule has 0 radical (unpaired) electrons. The van der Waals surface area contributed by atoms with Gasteiger partial charge in [-0.15, -0.1) is 10.2 Å². The predicted octanol–water partition coefficient (Wildman–Crippen LogP) is 0.921. The van der Waals surface area contributed by atoms with Crippen molar-refractivity contribution in [2.24, 2.45) is 0 Å². The number of anilines is 1. The molecule has 0 aliphatic carbocycles. The summed E-state index contributed by atoms with van der Waals surface area (Å²) < 4.78 is 31.2. The zero-order valence-corrected chi connectivity index (χ0v) is 11.1.